The van der Waals surface area contributed by atoms with Crippen LogP contribution in [0.3, 0.4) is 0 Å². The van der Waals surface area contributed by atoms with E-state index < -0.39 is 59.8 Å². The first-order chi connectivity index (χ1) is 25.6. The first kappa shape index (κ1) is 49.3. The summed E-state index contributed by atoms with van der Waals surface area (Å²) >= 11 is 0. The minimum atomic E-state index is -5.06. The zero-order valence-electron chi connectivity index (χ0n) is 32.6. The second-order valence-corrected chi connectivity index (χ2v) is 14.9. The molecule has 4 N–H and O–H groups in total. The normalized spacial score (nSPS) is 21.7. The molecule has 12 nitrogen and oxygen atoms in total. The predicted molar refractivity (Wildman–Crippen MR) is 207 cm³/mol. The number of esters is 1. The van der Waals surface area contributed by atoms with E-state index in [0.717, 1.165) is 64.2 Å². The van der Waals surface area contributed by atoms with Gasteiger partial charge in [-0.3, -0.25) is 9.35 Å². The summed E-state index contributed by atoms with van der Waals surface area (Å²) < 4.78 is 58.7. The summed E-state index contributed by atoms with van der Waals surface area (Å²) in [6.07, 6.45) is 26.3. The lowest BCUT2D eigenvalue weighted by Crippen LogP contribution is -2.60. The first-order valence-corrected chi connectivity index (χ1v) is 21.6. The van der Waals surface area contributed by atoms with Gasteiger partial charge < -0.3 is 34.3 Å². The molecule has 1 heterocycles. The lowest BCUT2D eigenvalue weighted by molar-refractivity contribution is -0.301. The van der Waals surface area contributed by atoms with Gasteiger partial charge in [-0.25, -0.2) is 4.18 Å². The minimum Gasteiger partial charge on any atom is -0.457 e. The molecule has 0 radical (unpaired) electrons. The summed E-state index contributed by atoms with van der Waals surface area (Å²) in [7, 11) is -5.06. The van der Waals surface area contributed by atoms with E-state index in [1.54, 1.807) is 0 Å². The van der Waals surface area contributed by atoms with Crippen LogP contribution in [0.5, 0.6) is 0 Å². The van der Waals surface area contributed by atoms with Crippen molar-refractivity contribution >= 4 is 16.4 Å². The number of aliphatic hydroxyl groups is 3. The summed E-state index contributed by atoms with van der Waals surface area (Å²) in [6, 6.07) is 0. The van der Waals surface area contributed by atoms with Crippen molar-refractivity contribution in [3.8, 4) is 0 Å². The van der Waals surface area contributed by atoms with Gasteiger partial charge >= 0.3 is 16.4 Å². The monoisotopic (exact) mass is 776 g/mol. The summed E-state index contributed by atoms with van der Waals surface area (Å²) in [5, 5.41) is 30.5. The molecule has 0 saturated carbocycles. The van der Waals surface area contributed by atoms with Gasteiger partial charge in [0.15, 0.2) is 6.29 Å². The molecule has 1 aliphatic heterocycles. The summed E-state index contributed by atoms with van der Waals surface area (Å²) in [4.78, 5) is 12.7. The van der Waals surface area contributed by atoms with Gasteiger partial charge in [0.2, 0.25) is 0 Å². The van der Waals surface area contributed by atoms with Gasteiger partial charge in [-0.1, -0.05) is 134 Å². The van der Waals surface area contributed by atoms with Crippen molar-refractivity contribution < 1.29 is 56.2 Å². The van der Waals surface area contributed by atoms with Crippen LogP contribution in [-0.2, 0) is 38.3 Å². The van der Waals surface area contributed by atoms with Crippen LogP contribution in [0, 0.1) is 0 Å². The van der Waals surface area contributed by atoms with Gasteiger partial charge in [-0.05, 0) is 44.9 Å². The van der Waals surface area contributed by atoms with Gasteiger partial charge in [0.05, 0.1) is 19.8 Å². The van der Waals surface area contributed by atoms with Gasteiger partial charge in [-0.15, -0.1) is 0 Å². The molecule has 1 fully saturated rings. The van der Waals surface area contributed by atoms with Crippen LogP contribution in [-0.4, -0.2) is 97.5 Å². The number of allylic oxidation sites excluding steroid dienone is 6. The molecule has 0 aliphatic carbocycles. The Labute approximate surface area is 320 Å². The Bertz CT molecular complexity index is 1080. The molecule has 0 aromatic rings. The third-order valence-corrected chi connectivity index (χ3v) is 9.49. The Morgan fingerprint density at radius 1 is 0.736 bits per heavy atom. The average Bonchev–Trinajstić information content (AvgIpc) is 3.12. The van der Waals surface area contributed by atoms with Gasteiger partial charge in [0.25, 0.3) is 0 Å². The maximum Gasteiger partial charge on any atom is 0.397 e. The van der Waals surface area contributed by atoms with Crippen LogP contribution in [0.4, 0.5) is 0 Å². The van der Waals surface area contributed by atoms with Crippen LogP contribution >= 0.6 is 0 Å². The quantitative estimate of drug-likeness (QED) is 0.0220. The topological polar surface area (TPSA) is 178 Å². The third-order valence-electron chi connectivity index (χ3n) is 9.03. The molecule has 310 valence electrons. The highest BCUT2D eigenvalue weighted by molar-refractivity contribution is 7.80. The van der Waals surface area contributed by atoms with Crippen molar-refractivity contribution in [3.05, 3.63) is 36.5 Å². The lowest BCUT2D eigenvalue weighted by atomic mass is 9.99. The highest BCUT2D eigenvalue weighted by atomic mass is 32.3. The van der Waals surface area contributed by atoms with Crippen LogP contribution in [0.15, 0.2) is 36.5 Å². The van der Waals surface area contributed by atoms with Crippen molar-refractivity contribution in [2.24, 2.45) is 0 Å². The number of hydrogen-bond acceptors (Lipinski definition) is 11. The first-order valence-electron chi connectivity index (χ1n) is 20.2. The standard InChI is InChI=1S/C40H72O12S/c1-3-5-7-9-11-13-14-15-16-17-18-19-20-21-22-24-26-28-30-48-32-34(50-36(42)29-27-25-23-12-10-8-6-4-2)33-49-40-38(44)39(52-53(45,46)47)37(43)35(31-41)51-40/h5,7,11,13,15-16,34-35,37-41,43-44H,3-4,6,8-10,12,14,17-33H2,1-2H3,(H,45,46,47)/b7-5-,13-11-,16-15-. The van der Waals surface area contributed by atoms with Crippen LogP contribution < -0.4 is 0 Å². The number of ether oxygens (including phenoxy) is 4. The molecule has 0 amide bonds. The number of carbonyl (C=O) groups is 1. The Hall–Kier alpha value is -1.68. The third kappa shape index (κ3) is 26.7. The molecule has 6 atom stereocenters. The Morgan fingerprint density at radius 2 is 1.30 bits per heavy atom. The molecule has 0 bridgehead atoms. The molecule has 1 saturated heterocycles. The maximum atomic E-state index is 12.7. The van der Waals surface area contributed by atoms with Crippen molar-refractivity contribution in [1.82, 2.24) is 0 Å². The zero-order chi connectivity index (χ0) is 39.0. The summed E-state index contributed by atoms with van der Waals surface area (Å²) in [5.41, 5.74) is 0. The highest BCUT2D eigenvalue weighted by Crippen LogP contribution is 2.26. The Morgan fingerprint density at radius 3 is 1.91 bits per heavy atom. The molecule has 0 spiro atoms. The molecule has 53 heavy (non-hydrogen) atoms. The van der Waals surface area contributed by atoms with Gasteiger partial charge in [0.1, 0.15) is 30.5 Å². The SMILES string of the molecule is CC/C=C\C/C=C\C/C=C\CCCCCCCCCCOCC(COC1OC(CO)C(O)C(OS(=O)(=O)O)C1O)OC(=O)CCCCCCCCCC. The molecule has 6 unspecified atom stereocenters. The number of carbonyl (C=O) groups excluding carboxylic acids is 1. The number of unbranched alkanes of at least 4 members (excludes halogenated alkanes) is 15. The van der Waals surface area contributed by atoms with Crippen LogP contribution in [0.25, 0.3) is 0 Å². The number of hydrogen-bond donors (Lipinski definition) is 4. The van der Waals surface area contributed by atoms with Crippen molar-refractivity contribution in [3.63, 3.8) is 0 Å². The average molecular weight is 777 g/mol. The van der Waals surface area contributed by atoms with E-state index in [4.69, 9.17) is 23.5 Å². The highest BCUT2D eigenvalue weighted by Gasteiger charge is 2.48. The van der Waals surface area contributed by atoms with E-state index in [9.17, 15) is 28.5 Å². The fourth-order valence-electron chi connectivity index (χ4n) is 5.98. The second kappa shape index (κ2) is 32.6. The molecule has 1 rings (SSSR count). The fraction of sp³-hybridized carbons (Fsp3) is 0.825. The van der Waals surface area contributed by atoms with Crippen LogP contribution in [0.1, 0.15) is 149 Å². The van der Waals surface area contributed by atoms with Crippen molar-refractivity contribution in [2.75, 3.05) is 26.4 Å². The molecule has 0 aromatic heterocycles. The van der Waals surface area contributed by atoms with Crippen LogP contribution in [0.2, 0.25) is 0 Å². The Balaban J connectivity index is 2.42. The van der Waals surface area contributed by atoms with E-state index in [1.807, 2.05) is 0 Å². The second-order valence-electron chi connectivity index (χ2n) is 13.9. The summed E-state index contributed by atoms with van der Waals surface area (Å²) in [6.45, 7) is 3.81. The molecule has 0 aromatic carbocycles. The lowest BCUT2D eigenvalue weighted by Gasteiger charge is -2.41. The molecular weight excluding hydrogens is 704 g/mol. The number of aliphatic hydroxyl groups excluding tert-OH is 3. The van der Waals surface area contributed by atoms with Crippen molar-refractivity contribution in [1.29, 1.82) is 0 Å². The van der Waals surface area contributed by atoms with Gasteiger partial charge in [0, 0.05) is 13.0 Å². The summed E-state index contributed by atoms with van der Waals surface area (Å²) in [5.74, 6) is -0.409. The van der Waals surface area contributed by atoms with E-state index >= 15 is 0 Å². The minimum absolute atomic E-state index is 0.0318. The number of rotatable bonds is 34. The van der Waals surface area contributed by atoms with Crippen molar-refractivity contribution in [2.45, 2.75) is 185 Å². The van der Waals surface area contributed by atoms with E-state index in [-0.39, 0.29) is 19.6 Å². The van der Waals surface area contributed by atoms with E-state index in [0.29, 0.717) is 13.0 Å². The Kier molecular flexibility index (Phi) is 30.3. The molecule has 1 aliphatic rings. The predicted octanol–water partition coefficient (Wildman–Crippen LogP) is 7.46. The zero-order valence-corrected chi connectivity index (χ0v) is 33.4. The van der Waals surface area contributed by atoms with E-state index in [1.165, 1.54) is 57.8 Å². The fourth-order valence-corrected chi connectivity index (χ4v) is 6.49. The smallest absolute Gasteiger partial charge is 0.397 e. The van der Waals surface area contributed by atoms with Gasteiger partial charge in [-0.2, -0.15) is 8.42 Å². The largest absolute Gasteiger partial charge is 0.457 e. The van der Waals surface area contributed by atoms with E-state index in [2.05, 4.69) is 54.5 Å². The molecule has 13 heteroatoms. The maximum absolute atomic E-state index is 12.7. The molecular formula is C40H72O12S.